The lowest BCUT2D eigenvalue weighted by Crippen LogP contribution is -2.41. The number of nitrogens with two attached hydrogens (primary N) is 2. The molecule has 1 atom stereocenters. The fourth-order valence-electron chi connectivity index (χ4n) is 3.63. The number of benzene rings is 2. The van der Waals surface area contributed by atoms with E-state index in [1.165, 1.54) is 0 Å². The molecule has 3 aromatic rings. The zero-order valence-corrected chi connectivity index (χ0v) is 17.5. The monoisotopic (exact) mass is 400 g/mol. The topological polar surface area (TPSA) is 103 Å². The number of aromatic nitrogens is 1. The quantitative estimate of drug-likeness (QED) is 0.552. The predicted octanol–water partition coefficient (Wildman–Crippen LogP) is 3.43. The van der Waals surface area contributed by atoms with Crippen molar-refractivity contribution in [2.24, 2.45) is 5.92 Å². The van der Waals surface area contributed by atoms with E-state index in [1.807, 2.05) is 61.9 Å². The van der Waals surface area contributed by atoms with Gasteiger partial charge in [-0.2, -0.15) is 0 Å². The van der Waals surface area contributed by atoms with E-state index in [0.717, 1.165) is 16.5 Å². The predicted molar refractivity (Wildman–Crippen MR) is 116 cm³/mol. The van der Waals surface area contributed by atoms with Crippen molar-refractivity contribution < 1.29 is 8.42 Å². The first kappa shape index (κ1) is 20.2. The molecule has 1 heterocycles. The van der Waals surface area contributed by atoms with E-state index < -0.39 is 10.0 Å². The second-order valence-corrected chi connectivity index (χ2v) is 9.38. The molecule has 0 spiro atoms. The summed E-state index contributed by atoms with van der Waals surface area (Å²) in [6, 6.07) is 11.0. The fraction of sp³-hybridized carbons (Fsp3) is 0.333. The maximum absolute atomic E-state index is 13.1. The number of hydrogen-bond donors (Lipinski definition) is 3. The normalized spacial score (nSPS) is 13.3. The largest absolute Gasteiger partial charge is 0.398 e. The highest BCUT2D eigenvalue weighted by Gasteiger charge is 2.26. The van der Waals surface area contributed by atoms with Gasteiger partial charge in [-0.1, -0.05) is 38.1 Å². The molecule has 6 nitrogen and oxygen atoms in total. The molecule has 0 saturated heterocycles. The molecule has 0 aliphatic rings. The molecule has 150 valence electrons. The van der Waals surface area contributed by atoms with Crippen LogP contribution in [0.4, 0.5) is 11.4 Å². The minimum atomic E-state index is -3.77. The molecule has 1 aromatic heterocycles. The number of hydrogen-bond acceptors (Lipinski definition) is 4. The summed E-state index contributed by atoms with van der Waals surface area (Å²) >= 11 is 0. The van der Waals surface area contributed by atoms with Gasteiger partial charge in [-0.05, 0) is 43.0 Å². The van der Waals surface area contributed by atoms with Crippen molar-refractivity contribution >= 4 is 32.3 Å². The first-order valence-electron chi connectivity index (χ1n) is 9.32. The Morgan fingerprint density at radius 2 is 1.75 bits per heavy atom. The number of fused-ring (bicyclic) bond motifs is 1. The third-order valence-electron chi connectivity index (χ3n) is 5.04. The Morgan fingerprint density at radius 1 is 1.07 bits per heavy atom. The Morgan fingerprint density at radius 3 is 2.39 bits per heavy atom. The molecule has 5 N–H and O–H groups in total. The maximum Gasteiger partial charge on any atom is 0.243 e. The first-order valence-corrected chi connectivity index (χ1v) is 10.8. The van der Waals surface area contributed by atoms with Crippen LogP contribution < -0.4 is 16.2 Å². The van der Waals surface area contributed by atoms with Crippen LogP contribution in [0.2, 0.25) is 0 Å². The van der Waals surface area contributed by atoms with Crippen LogP contribution in [0.25, 0.3) is 10.9 Å². The van der Waals surface area contributed by atoms with E-state index in [4.69, 9.17) is 11.5 Å². The van der Waals surface area contributed by atoms with Crippen molar-refractivity contribution in [2.45, 2.75) is 45.2 Å². The molecule has 0 saturated carbocycles. The van der Waals surface area contributed by atoms with Gasteiger partial charge in [0.15, 0.2) is 0 Å². The summed E-state index contributed by atoms with van der Waals surface area (Å²) in [5.74, 6) is 0.0733. The molecule has 28 heavy (non-hydrogen) atoms. The third kappa shape index (κ3) is 3.86. The number of rotatable bonds is 6. The number of aryl methyl sites for hydroxylation is 2. The lowest BCUT2D eigenvalue weighted by Gasteiger charge is -2.24. The van der Waals surface area contributed by atoms with Crippen LogP contribution in [0.1, 0.15) is 25.0 Å². The van der Waals surface area contributed by atoms with Gasteiger partial charge in [-0.3, -0.25) is 0 Å². The molecule has 3 rings (SSSR count). The molecular formula is C21H28N4O2S. The Labute approximate surface area is 166 Å². The number of para-hydroxylation sites is 1. The minimum absolute atomic E-state index is 0.0733. The van der Waals surface area contributed by atoms with Crippen molar-refractivity contribution in [3.8, 4) is 0 Å². The average molecular weight is 401 g/mol. The van der Waals surface area contributed by atoms with Crippen LogP contribution in [0.15, 0.2) is 47.5 Å². The molecule has 0 fully saturated rings. The SMILES string of the molecule is Cc1cc(C)c(S(=O)(=O)N[C@H](Cn2cc(N)c3ccccc32)C(C)C)c(N)c1. The smallest absolute Gasteiger partial charge is 0.243 e. The van der Waals surface area contributed by atoms with Gasteiger partial charge < -0.3 is 16.0 Å². The van der Waals surface area contributed by atoms with Gasteiger partial charge in [-0.15, -0.1) is 0 Å². The minimum Gasteiger partial charge on any atom is -0.398 e. The summed E-state index contributed by atoms with van der Waals surface area (Å²) < 4.78 is 31.1. The van der Waals surface area contributed by atoms with Crippen LogP contribution in [0.3, 0.4) is 0 Å². The first-order chi connectivity index (χ1) is 13.1. The van der Waals surface area contributed by atoms with Crippen LogP contribution in [-0.2, 0) is 16.6 Å². The van der Waals surface area contributed by atoms with Crippen molar-refractivity contribution in [2.75, 3.05) is 11.5 Å². The summed E-state index contributed by atoms with van der Waals surface area (Å²) in [6.07, 6.45) is 1.86. The highest BCUT2D eigenvalue weighted by atomic mass is 32.2. The van der Waals surface area contributed by atoms with Crippen molar-refractivity contribution in [1.82, 2.24) is 9.29 Å². The number of nitrogens with zero attached hydrogens (tertiary/aromatic N) is 1. The highest BCUT2D eigenvalue weighted by molar-refractivity contribution is 7.89. The second-order valence-electron chi connectivity index (χ2n) is 7.73. The van der Waals surface area contributed by atoms with E-state index in [0.29, 0.717) is 17.8 Å². The van der Waals surface area contributed by atoms with Gasteiger partial charge in [0, 0.05) is 24.2 Å². The number of sulfonamides is 1. The van der Waals surface area contributed by atoms with E-state index in [9.17, 15) is 8.42 Å². The molecule has 0 radical (unpaired) electrons. The third-order valence-corrected chi connectivity index (χ3v) is 6.75. The van der Waals surface area contributed by atoms with Crippen molar-refractivity contribution in [3.05, 3.63) is 53.7 Å². The van der Waals surface area contributed by atoms with Crippen LogP contribution in [-0.4, -0.2) is 19.0 Å². The lowest BCUT2D eigenvalue weighted by molar-refractivity contribution is 0.403. The van der Waals surface area contributed by atoms with Crippen LogP contribution in [0, 0.1) is 19.8 Å². The van der Waals surface area contributed by atoms with Gasteiger partial charge in [-0.25, -0.2) is 13.1 Å². The number of nitrogens with one attached hydrogen (secondary N) is 1. The van der Waals surface area contributed by atoms with E-state index in [1.54, 1.807) is 13.0 Å². The summed E-state index contributed by atoms with van der Waals surface area (Å²) in [6.45, 7) is 8.12. The number of nitrogen functional groups attached to an aromatic ring is 2. The molecular weight excluding hydrogens is 372 g/mol. The Balaban J connectivity index is 1.95. The molecule has 0 amide bonds. The van der Waals surface area contributed by atoms with Gasteiger partial charge in [0.1, 0.15) is 4.90 Å². The molecule has 0 bridgehead atoms. The lowest BCUT2D eigenvalue weighted by atomic mass is 10.1. The van der Waals surface area contributed by atoms with Gasteiger partial charge in [0.05, 0.1) is 16.9 Å². The summed E-state index contributed by atoms with van der Waals surface area (Å²) in [5.41, 5.74) is 15.7. The summed E-state index contributed by atoms with van der Waals surface area (Å²) in [7, 11) is -3.77. The van der Waals surface area contributed by atoms with Gasteiger partial charge in [0.25, 0.3) is 0 Å². The second kappa shape index (κ2) is 7.48. The maximum atomic E-state index is 13.1. The molecule has 2 aromatic carbocycles. The zero-order valence-electron chi connectivity index (χ0n) is 16.7. The van der Waals surface area contributed by atoms with E-state index in [-0.39, 0.29) is 22.5 Å². The zero-order chi connectivity index (χ0) is 20.6. The summed E-state index contributed by atoms with van der Waals surface area (Å²) in [4.78, 5) is 0.153. The number of anilines is 2. The highest BCUT2D eigenvalue weighted by Crippen LogP contribution is 2.27. The van der Waals surface area contributed by atoms with E-state index in [2.05, 4.69) is 4.72 Å². The van der Waals surface area contributed by atoms with Crippen molar-refractivity contribution in [1.29, 1.82) is 0 Å². The Kier molecular flexibility index (Phi) is 5.41. The molecule has 0 unspecified atom stereocenters. The average Bonchev–Trinajstić information content (AvgIpc) is 2.89. The van der Waals surface area contributed by atoms with Crippen LogP contribution in [0.5, 0.6) is 0 Å². The van der Waals surface area contributed by atoms with Gasteiger partial charge in [0.2, 0.25) is 10.0 Å². The molecule has 0 aliphatic carbocycles. The van der Waals surface area contributed by atoms with Crippen molar-refractivity contribution in [3.63, 3.8) is 0 Å². The standard InChI is InChI=1S/C21H28N4O2S/c1-13(2)19(12-25-11-18(23)16-7-5-6-8-20(16)25)24-28(26,27)21-15(4)9-14(3)10-17(21)22/h5-11,13,19,24H,12,22-23H2,1-4H3/t19-/m1/s1. The van der Waals surface area contributed by atoms with Crippen LogP contribution >= 0.6 is 0 Å². The fourth-order valence-corrected chi connectivity index (χ4v) is 5.35. The van der Waals surface area contributed by atoms with Gasteiger partial charge >= 0.3 is 0 Å². The summed E-state index contributed by atoms with van der Waals surface area (Å²) in [5, 5.41) is 0.964. The Bertz CT molecular complexity index is 1090. The Hall–Kier alpha value is -2.51. The van der Waals surface area contributed by atoms with E-state index >= 15 is 0 Å². The molecule has 7 heteroatoms. The molecule has 0 aliphatic heterocycles.